The molecule has 0 aliphatic carbocycles. The molecule has 0 unspecified atom stereocenters. The summed E-state index contributed by atoms with van der Waals surface area (Å²) in [6, 6.07) is 2.67. The molecule has 2 aromatic carbocycles. The highest BCUT2D eigenvalue weighted by Crippen LogP contribution is 2.33. The summed E-state index contributed by atoms with van der Waals surface area (Å²) in [7, 11) is 0. The van der Waals surface area contributed by atoms with Gasteiger partial charge in [-0.15, -0.1) is 0 Å². The van der Waals surface area contributed by atoms with E-state index in [0.29, 0.717) is 24.3 Å². The Balaban J connectivity index is 2.33. The Hall–Kier alpha value is -2.58. The molecular formula is C14H6F7NO. The Labute approximate surface area is 124 Å². The Morgan fingerprint density at radius 1 is 0.870 bits per heavy atom. The van der Waals surface area contributed by atoms with Crippen molar-refractivity contribution >= 4 is 11.6 Å². The zero-order valence-electron chi connectivity index (χ0n) is 10.9. The number of anilines is 1. The van der Waals surface area contributed by atoms with Crippen molar-refractivity contribution in [2.75, 3.05) is 5.32 Å². The van der Waals surface area contributed by atoms with Crippen LogP contribution in [0.25, 0.3) is 0 Å². The molecule has 23 heavy (non-hydrogen) atoms. The fourth-order valence-electron chi connectivity index (χ4n) is 1.72. The molecule has 2 aromatic rings. The highest BCUT2D eigenvalue weighted by molar-refractivity contribution is 6.04. The first kappa shape index (κ1) is 16.8. The second kappa shape index (κ2) is 5.90. The number of nitrogens with one attached hydrogen (secondary N) is 1. The third-order valence-electron chi connectivity index (χ3n) is 2.81. The molecule has 1 amide bonds. The molecule has 0 heterocycles. The van der Waals surface area contributed by atoms with Crippen molar-refractivity contribution < 1.29 is 35.5 Å². The van der Waals surface area contributed by atoms with Gasteiger partial charge < -0.3 is 5.32 Å². The third-order valence-corrected chi connectivity index (χ3v) is 2.81. The third kappa shape index (κ3) is 3.43. The van der Waals surface area contributed by atoms with Gasteiger partial charge in [0.1, 0.15) is 5.82 Å². The minimum Gasteiger partial charge on any atom is -0.322 e. The standard InChI is InChI=1S/C14H6F7NO/c15-9-3-1-6(5-8(9)14(19,20)21)22-13(23)7-2-4-10(16)12(18)11(7)17/h1-5H,(H,22,23). The molecule has 122 valence electrons. The number of amides is 1. The summed E-state index contributed by atoms with van der Waals surface area (Å²) in [5.41, 5.74) is -3.05. The van der Waals surface area contributed by atoms with Gasteiger partial charge in [-0.2, -0.15) is 13.2 Å². The Bertz CT molecular complexity index is 770. The molecular weight excluding hydrogens is 331 g/mol. The zero-order valence-corrected chi connectivity index (χ0v) is 10.9. The average Bonchev–Trinajstić information content (AvgIpc) is 2.45. The lowest BCUT2D eigenvalue weighted by Gasteiger charge is -2.11. The van der Waals surface area contributed by atoms with Gasteiger partial charge in [0.25, 0.3) is 5.91 Å². The van der Waals surface area contributed by atoms with Crippen molar-refractivity contribution in [3.8, 4) is 0 Å². The summed E-state index contributed by atoms with van der Waals surface area (Å²) in [5.74, 6) is -8.09. The van der Waals surface area contributed by atoms with Gasteiger partial charge in [-0.05, 0) is 30.3 Å². The summed E-state index contributed by atoms with van der Waals surface area (Å²) >= 11 is 0. The molecule has 0 aliphatic heterocycles. The highest BCUT2D eigenvalue weighted by Gasteiger charge is 2.34. The van der Waals surface area contributed by atoms with Gasteiger partial charge in [0, 0.05) is 5.69 Å². The smallest absolute Gasteiger partial charge is 0.322 e. The molecule has 0 saturated heterocycles. The van der Waals surface area contributed by atoms with Crippen molar-refractivity contribution in [3.05, 3.63) is 64.7 Å². The zero-order chi connectivity index (χ0) is 17.4. The lowest BCUT2D eigenvalue weighted by Crippen LogP contribution is -2.16. The number of hydrogen-bond acceptors (Lipinski definition) is 1. The maximum Gasteiger partial charge on any atom is 0.419 e. The van der Waals surface area contributed by atoms with Crippen LogP contribution in [0.15, 0.2) is 30.3 Å². The van der Waals surface area contributed by atoms with E-state index in [4.69, 9.17) is 0 Å². The minimum absolute atomic E-state index is 0.297. The van der Waals surface area contributed by atoms with Crippen LogP contribution in [-0.2, 0) is 6.18 Å². The second-order valence-electron chi connectivity index (χ2n) is 4.37. The SMILES string of the molecule is O=C(Nc1ccc(F)c(C(F)(F)F)c1)c1ccc(F)c(F)c1F. The predicted molar refractivity (Wildman–Crippen MR) is 65.7 cm³/mol. The van der Waals surface area contributed by atoms with Crippen LogP contribution in [0.2, 0.25) is 0 Å². The minimum atomic E-state index is -5.00. The monoisotopic (exact) mass is 337 g/mol. The first-order chi connectivity index (χ1) is 10.6. The van der Waals surface area contributed by atoms with Crippen LogP contribution in [-0.4, -0.2) is 5.91 Å². The Morgan fingerprint density at radius 2 is 1.48 bits per heavy atom. The molecule has 2 nitrogen and oxygen atoms in total. The number of benzene rings is 2. The van der Waals surface area contributed by atoms with Crippen molar-refractivity contribution in [1.82, 2.24) is 0 Å². The summed E-state index contributed by atoms with van der Waals surface area (Å²) in [5, 5.41) is 1.85. The van der Waals surface area contributed by atoms with E-state index in [-0.39, 0.29) is 0 Å². The van der Waals surface area contributed by atoms with Crippen molar-refractivity contribution in [2.45, 2.75) is 6.18 Å². The van der Waals surface area contributed by atoms with Crippen LogP contribution in [0.5, 0.6) is 0 Å². The quantitative estimate of drug-likeness (QED) is 0.634. The normalized spacial score (nSPS) is 11.4. The van der Waals surface area contributed by atoms with Gasteiger partial charge in [0.2, 0.25) is 0 Å². The van der Waals surface area contributed by atoms with E-state index in [9.17, 15) is 35.5 Å². The Kier molecular flexibility index (Phi) is 4.31. The lowest BCUT2D eigenvalue weighted by molar-refractivity contribution is -0.139. The molecule has 0 radical (unpaired) electrons. The maximum atomic E-state index is 13.4. The molecule has 1 N–H and O–H groups in total. The molecule has 0 spiro atoms. The second-order valence-corrected chi connectivity index (χ2v) is 4.37. The summed E-state index contributed by atoms with van der Waals surface area (Å²) in [4.78, 5) is 11.7. The van der Waals surface area contributed by atoms with E-state index in [2.05, 4.69) is 0 Å². The van der Waals surface area contributed by atoms with Gasteiger partial charge in [-0.3, -0.25) is 4.79 Å². The average molecular weight is 337 g/mol. The number of halogens is 7. The van der Waals surface area contributed by atoms with Crippen LogP contribution >= 0.6 is 0 Å². The van der Waals surface area contributed by atoms with E-state index in [1.165, 1.54) is 0 Å². The number of hydrogen-bond donors (Lipinski definition) is 1. The molecule has 9 heteroatoms. The van der Waals surface area contributed by atoms with Crippen LogP contribution in [0.1, 0.15) is 15.9 Å². The van der Waals surface area contributed by atoms with Gasteiger partial charge in [0.15, 0.2) is 17.5 Å². The van der Waals surface area contributed by atoms with E-state index in [1.54, 1.807) is 0 Å². The fraction of sp³-hybridized carbons (Fsp3) is 0.0714. The first-order valence-electron chi connectivity index (χ1n) is 5.93. The van der Waals surface area contributed by atoms with Gasteiger partial charge >= 0.3 is 6.18 Å². The molecule has 0 aromatic heterocycles. The van der Waals surface area contributed by atoms with Crippen molar-refractivity contribution in [2.24, 2.45) is 0 Å². The van der Waals surface area contributed by atoms with Crippen LogP contribution in [0.4, 0.5) is 36.4 Å². The van der Waals surface area contributed by atoms with Crippen molar-refractivity contribution in [1.29, 1.82) is 0 Å². The molecule has 0 aliphatic rings. The first-order valence-corrected chi connectivity index (χ1v) is 5.93. The fourth-order valence-corrected chi connectivity index (χ4v) is 1.72. The molecule has 2 rings (SSSR count). The number of carbonyl (C=O) groups excluding carboxylic acids is 1. The van der Waals surface area contributed by atoms with Gasteiger partial charge in [-0.1, -0.05) is 0 Å². The van der Waals surface area contributed by atoms with Crippen molar-refractivity contribution in [3.63, 3.8) is 0 Å². The molecule has 0 atom stereocenters. The number of rotatable bonds is 2. The Morgan fingerprint density at radius 3 is 2.09 bits per heavy atom. The van der Waals surface area contributed by atoms with E-state index < -0.39 is 52.2 Å². The maximum absolute atomic E-state index is 13.4. The summed E-state index contributed by atoms with van der Waals surface area (Å²) < 4.78 is 90.0. The summed E-state index contributed by atoms with van der Waals surface area (Å²) in [6.45, 7) is 0. The van der Waals surface area contributed by atoms with Crippen LogP contribution < -0.4 is 5.32 Å². The number of alkyl halides is 3. The lowest BCUT2D eigenvalue weighted by atomic mass is 10.1. The number of carbonyl (C=O) groups is 1. The highest BCUT2D eigenvalue weighted by atomic mass is 19.4. The van der Waals surface area contributed by atoms with E-state index in [0.717, 1.165) is 6.07 Å². The predicted octanol–water partition coefficient (Wildman–Crippen LogP) is 4.51. The molecule has 0 saturated carbocycles. The summed E-state index contributed by atoms with van der Waals surface area (Å²) in [6.07, 6.45) is -5.00. The topological polar surface area (TPSA) is 29.1 Å². The van der Waals surface area contributed by atoms with Crippen LogP contribution in [0, 0.1) is 23.3 Å². The van der Waals surface area contributed by atoms with E-state index in [1.807, 2.05) is 5.32 Å². The largest absolute Gasteiger partial charge is 0.419 e. The molecule has 0 fully saturated rings. The van der Waals surface area contributed by atoms with E-state index >= 15 is 0 Å². The van der Waals surface area contributed by atoms with Gasteiger partial charge in [-0.25, -0.2) is 17.6 Å². The molecule has 0 bridgehead atoms. The van der Waals surface area contributed by atoms with Gasteiger partial charge in [0.05, 0.1) is 11.1 Å². The van der Waals surface area contributed by atoms with Crippen LogP contribution in [0.3, 0.4) is 0 Å².